The van der Waals surface area contributed by atoms with Crippen molar-refractivity contribution in [2.24, 2.45) is 0 Å². The molecule has 4 rings (SSSR count). The van der Waals surface area contributed by atoms with E-state index in [-0.39, 0.29) is 12.0 Å². The van der Waals surface area contributed by atoms with E-state index in [4.69, 9.17) is 9.47 Å². The predicted octanol–water partition coefficient (Wildman–Crippen LogP) is 4.53. The summed E-state index contributed by atoms with van der Waals surface area (Å²) in [6.07, 6.45) is 1.79. The van der Waals surface area contributed by atoms with E-state index in [1.54, 1.807) is 39.1 Å². The minimum atomic E-state index is -0.573. The maximum atomic E-state index is 12.4. The van der Waals surface area contributed by atoms with E-state index in [2.05, 4.69) is 15.9 Å². The molecule has 0 saturated heterocycles. The summed E-state index contributed by atoms with van der Waals surface area (Å²) in [6, 6.07) is 11.1. The van der Waals surface area contributed by atoms with E-state index < -0.39 is 11.6 Å². The average molecular weight is 428 g/mol. The van der Waals surface area contributed by atoms with Gasteiger partial charge in [0.25, 0.3) is 0 Å². The Morgan fingerprint density at radius 2 is 1.81 bits per heavy atom. The van der Waals surface area contributed by atoms with E-state index in [0.717, 1.165) is 26.3 Å². The van der Waals surface area contributed by atoms with Gasteiger partial charge in [-0.2, -0.15) is 0 Å². The number of halogens is 1. The SMILES string of the molecule is CC(C)(C)OC(=O)COc1cc2c(=O)ccn3c4ccc(Br)cc4c(c1)c23. The molecule has 0 amide bonds. The van der Waals surface area contributed by atoms with E-state index >= 15 is 0 Å². The van der Waals surface area contributed by atoms with Gasteiger partial charge in [-0.1, -0.05) is 15.9 Å². The third kappa shape index (κ3) is 3.25. The molecule has 0 radical (unpaired) electrons. The van der Waals surface area contributed by atoms with E-state index in [1.807, 2.05) is 28.7 Å². The van der Waals surface area contributed by atoms with Gasteiger partial charge in [0, 0.05) is 27.5 Å². The quantitative estimate of drug-likeness (QED) is 0.450. The van der Waals surface area contributed by atoms with E-state index in [0.29, 0.717) is 11.1 Å². The molecule has 0 aliphatic heterocycles. The first-order chi connectivity index (χ1) is 12.7. The molecule has 0 spiro atoms. The number of hydrogen-bond acceptors (Lipinski definition) is 4. The van der Waals surface area contributed by atoms with Crippen LogP contribution < -0.4 is 10.2 Å². The number of carbonyl (C=O) groups excluding carboxylic acids is 1. The van der Waals surface area contributed by atoms with Gasteiger partial charge in [-0.05, 0) is 51.1 Å². The van der Waals surface area contributed by atoms with Gasteiger partial charge < -0.3 is 13.9 Å². The normalized spacial score (nSPS) is 12.1. The van der Waals surface area contributed by atoms with Crippen LogP contribution in [-0.2, 0) is 9.53 Å². The highest BCUT2D eigenvalue weighted by Gasteiger charge is 2.18. The number of rotatable bonds is 3. The zero-order valence-corrected chi connectivity index (χ0v) is 16.8. The first-order valence-corrected chi connectivity index (χ1v) is 9.36. The number of carbonyl (C=O) groups is 1. The average Bonchev–Trinajstić information content (AvgIpc) is 2.89. The Morgan fingerprint density at radius 1 is 1.07 bits per heavy atom. The highest BCUT2D eigenvalue weighted by Crippen LogP contribution is 2.35. The number of fused-ring (bicyclic) bond motifs is 3. The molecule has 0 aliphatic rings. The van der Waals surface area contributed by atoms with Crippen LogP contribution >= 0.6 is 15.9 Å². The lowest BCUT2D eigenvalue weighted by molar-refractivity contribution is -0.157. The Hall–Kier alpha value is -2.60. The Morgan fingerprint density at radius 3 is 2.56 bits per heavy atom. The monoisotopic (exact) mass is 427 g/mol. The summed E-state index contributed by atoms with van der Waals surface area (Å²) in [6.45, 7) is 5.20. The molecule has 4 aromatic rings. The van der Waals surface area contributed by atoms with E-state index in [9.17, 15) is 9.59 Å². The van der Waals surface area contributed by atoms with Crippen LogP contribution in [0, 0.1) is 0 Å². The van der Waals surface area contributed by atoms with Gasteiger partial charge in [0.15, 0.2) is 12.0 Å². The van der Waals surface area contributed by atoms with Crippen molar-refractivity contribution in [2.75, 3.05) is 6.61 Å². The van der Waals surface area contributed by atoms with Gasteiger partial charge in [-0.3, -0.25) is 4.79 Å². The number of hydrogen-bond donors (Lipinski definition) is 0. The second-order valence-electron chi connectivity index (χ2n) is 7.45. The standard InChI is InChI=1S/C21H18BrNO4/c1-21(2,3)27-19(25)11-26-13-9-15-14-8-12(22)4-5-17(14)23-7-6-18(24)16(10-13)20(15)23/h4-10H,11H2,1-3H3. The van der Waals surface area contributed by atoms with Gasteiger partial charge >= 0.3 is 5.97 Å². The van der Waals surface area contributed by atoms with Gasteiger partial charge in [0.1, 0.15) is 11.4 Å². The lowest BCUT2D eigenvalue weighted by atomic mass is 10.1. The van der Waals surface area contributed by atoms with Crippen LogP contribution in [0.1, 0.15) is 20.8 Å². The third-order valence-electron chi connectivity index (χ3n) is 4.25. The Labute approximate surface area is 164 Å². The predicted molar refractivity (Wildman–Crippen MR) is 109 cm³/mol. The molecular weight excluding hydrogens is 410 g/mol. The highest BCUT2D eigenvalue weighted by atomic mass is 79.9. The van der Waals surface area contributed by atoms with Gasteiger partial charge in [0.05, 0.1) is 16.4 Å². The van der Waals surface area contributed by atoms with Crippen LogP contribution in [0.25, 0.3) is 27.2 Å². The van der Waals surface area contributed by atoms with Crippen molar-refractivity contribution in [3.63, 3.8) is 0 Å². The molecule has 2 aromatic heterocycles. The van der Waals surface area contributed by atoms with Crippen LogP contribution in [0.2, 0.25) is 0 Å². The summed E-state index contributed by atoms with van der Waals surface area (Å²) >= 11 is 3.50. The summed E-state index contributed by atoms with van der Waals surface area (Å²) in [5.74, 6) is 0.0127. The number of pyridine rings is 1. The van der Waals surface area contributed by atoms with Gasteiger partial charge in [-0.15, -0.1) is 0 Å². The lowest BCUT2D eigenvalue weighted by Crippen LogP contribution is -2.27. The minimum Gasteiger partial charge on any atom is -0.482 e. The van der Waals surface area contributed by atoms with Crippen molar-refractivity contribution in [1.82, 2.24) is 4.40 Å². The van der Waals surface area contributed by atoms with Crippen molar-refractivity contribution in [2.45, 2.75) is 26.4 Å². The third-order valence-corrected chi connectivity index (χ3v) is 4.74. The summed E-state index contributed by atoms with van der Waals surface area (Å²) in [7, 11) is 0. The Bertz CT molecular complexity index is 1240. The van der Waals surface area contributed by atoms with Crippen molar-refractivity contribution < 1.29 is 14.3 Å². The molecule has 6 heteroatoms. The van der Waals surface area contributed by atoms with Crippen molar-refractivity contribution in [3.05, 3.63) is 57.3 Å². The smallest absolute Gasteiger partial charge is 0.344 e. The second-order valence-corrected chi connectivity index (χ2v) is 8.37. The molecule has 0 unspecified atom stereocenters. The van der Waals surface area contributed by atoms with Crippen molar-refractivity contribution in [3.8, 4) is 5.75 Å². The summed E-state index contributed by atoms with van der Waals surface area (Å²) in [5, 5.41) is 2.46. The molecule has 0 saturated carbocycles. The summed E-state index contributed by atoms with van der Waals surface area (Å²) in [5.41, 5.74) is 1.19. The van der Waals surface area contributed by atoms with Crippen molar-refractivity contribution >= 4 is 49.1 Å². The fourth-order valence-corrected chi connectivity index (χ4v) is 3.66. The van der Waals surface area contributed by atoms with Crippen LogP contribution in [0.15, 0.2) is 51.9 Å². The molecule has 0 aliphatic carbocycles. The Kier molecular flexibility index (Phi) is 4.11. The largest absolute Gasteiger partial charge is 0.482 e. The zero-order chi connectivity index (χ0) is 19.3. The molecule has 0 N–H and O–H groups in total. The topological polar surface area (TPSA) is 57.0 Å². The van der Waals surface area contributed by atoms with Gasteiger partial charge in [0.2, 0.25) is 0 Å². The second kappa shape index (κ2) is 6.23. The molecule has 138 valence electrons. The molecule has 0 fully saturated rings. The fraction of sp³-hybridized carbons (Fsp3) is 0.238. The molecular formula is C21H18BrNO4. The van der Waals surface area contributed by atoms with Gasteiger partial charge in [-0.25, -0.2) is 4.79 Å². The highest BCUT2D eigenvalue weighted by molar-refractivity contribution is 9.10. The molecule has 2 aromatic carbocycles. The Balaban J connectivity index is 1.83. The number of aromatic nitrogens is 1. The first-order valence-electron chi connectivity index (χ1n) is 8.57. The van der Waals surface area contributed by atoms with Crippen LogP contribution in [0.5, 0.6) is 5.75 Å². The molecule has 0 bridgehead atoms. The fourth-order valence-electron chi connectivity index (χ4n) is 3.30. The lowest BCUT2D eigenvalue weighted by Gasteiger charge is -2.19. The maximum absolute atomic E-state index is 12.4. The molecule has 27 heavy (non-hydrogen) atoms. The molecule has 0 atom stereocenters. The first kappa shape index (κ1) is 17.8. The van der Waals surface area contributed by atoms with Crippen molar-refractivity contribution in [1.29, 1.82) is 0 Å². The zero-order valence-electron chi connectivity index (χ0n) is 15.2. The van der Waals surface area contributed by atoms with Crippen LogP contribution in [0.4, 0.5) is 0 Å². The minimum absolute atomic E-state index is 0.0860. The number of nitrogens with zero attached hydrogens (tertiary/aromatic N) is 1. The number of ether oxygens (including phenoxy) is 2. The van der Waals surface area contributed by atoms with Crippen LogP contribution in [-0.4, -0.2) is 22.6 Å². The molecule has 2 heterocycles. The number of esters is 1. The van der Waals surface area contributed by atoms with E-state index in [1.165, 1.54) is 0 Å². The maximum Gasteiger partial charge on any atom is 0.344 e. The summed E-state index contributed by atoms with van der Waals surface area (Å²) < 4.78 is 13.9. The molecule has 5 nitrogen and oxygen atoms in total. The van der Waals surface area contributed by atoms with Crippen LogP contribution in [0.3, 0.4) is 0 Å². The number of benzene rings is 2. The summed E-state index contributed by atoms with van der Waals surface area (Å²) in [4.78, 5) is 24.4.